The Balaban J connectivity index is 2.94. The molecule has 1 rings (SSSR count). The highest BCUT2D eigenvalue weighted by Crippen LogP contribution is 2.39. The number of nitrogen functional groups attached to an aromatic ring is 1. The minimum absolute atomic E-state index is 0.116. The van der Waals surface area contributed by atoms with Crippen molar-refractivity contribution in [3.8, 4) is 5.75 Å². The first kappa shape index (κ1) is 14.1. The van der Waals surface area contributed by atoms with Gasteiger partial charge in [0.1, 0.15) is 0 Å². The zero-order valence-corrected chi connectivity index (χ0v) is 12.2. The standard InChI is InChI=1S/C12H23N3OS/c1-6-15(7-8(2)3)12-10(16-9(4)5)11(13)14-17-12/h8-9H,6-7H2,1-5H3,(H2,13,14). The summed E-state index contributed by atoms with van der Waals surface area (Å²) in [6, 6.07) is 0. The number of rotatable bonds is 6. The molecule has 0 aliphatic carbocycles. The van der Waals surface area contributed by atoms with Gasteiger partial charge in [0.25, 0.3) is 0 Å². The van der Waals surface area contributed by atoms with Crippen molar-refractivity contribution in [1.29, 1.82) is 0 Å². The van der Waals surface area contributed by atoms with Crippen LogP contribution in [0.1, 0.15) is 34.6 Å². The summed E-state index contributed by atoms with van der Waals surface area (Å²) in [5.41, 5.74) is 5.86. The lowest BCUT2D eigenvalue weighted by Crippen LogP contribution is -2.27. The van der Waals surface area contributed by atoms with E-state index in [0.717, 1.165) is 23.8 Å². The van der Waals surface area contributed by atoms with E-state index in [1.165, 1.54) is 11.5 Å². The molecule has 98 valence electrons. The summed E-state index contributed by atoms with van der Waals surface area (Å²) in [5, 5.41) is 1.05. The first-order valence-corrected chi connectivity index (χ1v) is 6.89. The lowest BCUT2D eigenvalue weighted by atomic mass is 10.2. The molecule has 1 aromatic heterocycles. The predicted octanol–water partition coefficient (Wildman–Crippen LogP) is 2.99. The molecule has 1 aromatic rings. The number of anilines is 2. The van der Waals surface area contributed by atoms with Crippen LogP contribution in [-0.2, 0) is 0 Å². The molecule has 0 aliphatic rings. The number of hydrogen-bond donors (Lipinski definition) is 1. The molecule has 0 fully saturated rings. The van der Waals surface area contributed by atoms with Crippen LogP contribution >= 0.6 is 11.5 Å². The maximum atomic E-state index is 5.86. The van der Waals surface area contributed by atoms with Crippen LogP contribution in [0, 0.1) is 5.92 Å². The molecular weight excluding hydrogens is 234 g/mol. The second kappa shape index (κ2) is 6.10. The van der Waals surface area contributed by atoms with Crippen molar-refractivity contribution in [3.63, 3.8) is 0 Å². The Morgan fingerprint density at radius 3 is 2.47 bits per heavy atom. The van der Waals surface area contributed by atoms with Gasteiger partial charge >= 0.3 is 0 Å². The SMILES string of the molecule is CCN(CC(C)C)c1snc(N)c1OC(C)C. The minimum atomic E-state index is 0.116. The highest BCUT2D eigenvalue weighted by molar-refractivity contribution is 7.11. The van der Waals surface area contributed by atoms with E-state index < -0.39 is 0 Å². The summed E-state index contributed by atoms with van der Waals surface area (Å²) >= 11 is 1.42. The summed E-state index contributed by atoms with van der Waals surface area (Å²) in [6.45, 7) is 12.5. The third kappa shape index (κ3) is 3.77. The van der Waals surface area contributed by atoms with Crippen molar-refractivity contribution in [2.75, 3.05) is 23.7 Å². The Kier molecular flexibility index (Phi) is 5.05. The van der Waals surface area contributed by atoms with Crippen LogP contribution in [0.15, 0.2) is 0 Å². The van der Waals surface area contributed by atoms with Gasteiger partial charge in [0.2, 0.25) is 0 Å². The largest absolute Gasteiger partial charge is 0.484 e. The maximum Gasteiger partial charge on any atom is 0.198 e. The van der Waals surface area contributed by atoms with Crippen molar-refractivity contribution in [2.45, 2.75) is 40.7 Å². The van der Waals surface area contributed by atoms with Crippen LogP contribution in [-0.4, -0.2) is 23.6 Å². The average molecular weight is 257 g/mol. The molecule has 0 unspecified atom stereocenters. The number of ether oxygens (including phenoxy) is 1. The van der Waals surface area contributed by atoms with Gasteiger partial charge in [-0.25, -0.2) is 0 Å². The Morgan fingerprint density at radius 1 is 1.35 bits per heavy atom. The first-order chi connectivity index (χ1) is 7.95. The van der Waals surface area contributed by atoms with E-state index in [4.69, 9.17) is 10.5 Å². The smallest absolute Gasteiger partial charge is 0.198 e. The average Bonchev–Trinajstić information content (AvgIpc) is 2.56. The van der Waals surface area contributed by atoms with Crippen molar-refractivity contribution in [1.82, 2.24) is 4.37 Å². The number of nitrogens with two attached hydrogens (primary N) is 1. The van der Waals surface area contributed by atoms with Gasteiger partial charge in [-0.05, 0) is 38.2 Å². The van der Waals surface area contributed by atoms with Crippen LogP contribution in [0.4, 0.5) is 10.8 Å². The van der Waals surface area contributed by atoms with Crippen LogP contribution < -0.4 is 15.4 Å². The van der Waals surface area contributed by atoms with Crippen molar-refractivity contribution in [3.05, 3.63) is 0 Å². The topological polar surface area (TPSA) is 51.4 Å². The molecule has 0 atom stereocenters. The molecule has 0 radical (unpaired) electrons. The highest BCUT2D eigenvalue weighted by atomic mass is 32.1. The summed E-state index contributed by atoms with van der Waals surface area (Å²) in [6.07, 6.45) is 0.116. The van der Waals surface area contributed by atoms with E-state index in [-0.39, 0.29) is 6.10 Å². The van der Waals surface area contributed by atoms with Gasteiger partial charge in [0.05, 0.1) is 6.10 Å². The molecular formula is C12H23N3OS. The van der Waals surface area contributed by atoms with Gasteiger partial charge in [-0.2, -0.15) is 4.37 Å². The van der Waals surface area contributed by atoms with Gasteiger partial charge in [0.15, 0.2) is 16.6 Å². The minimum Gasteiger partial charge on any atom is -0.484 e. The normalized spacial score (nSPS) is 11.2. The van der Waals surface area contributed by atoms with E-state index in [0.29, 0.717) is 11.7 Å². The van der Waals surface area contributed by atoms with E-state index in [1.54, 1.807) is 0 Å². The van der Waals surface area contributed by atoms with Gasteiger partial charge in [-0.1, -0.05) is 13.8 Å². The van der Waals surface area contributed by atoms with Crippen LogP contribution in [0.5, 0.6) is 5.75 Å². The Hall–Kier alpha value is -0.970. The van der Waals surface area contributed by atoms with Gasteiger partial charge < -0.3 is 15.4 Å². The van der Waals surface area contributed by atoms with Crippen LogP contribution in [0.25, 0.3) is 0 Å². The summed E-state index contributed by atoms with van der Waals surface area (Å²) in [5.74, 6) is 1.85. The molecule has 1 heterocycles. The predicted molar refractivity (Wildman–Crippen MR) is 75.0 cm³/mol. The molecule has 0 aliphatic heterocycles. The second-order valence-corrected chi connectivity index (χ2v) is 5.55. The fourth-order valence-electron chi connectivity index (χ4n) is 1.63. The van der Waals surface area contributed by atoms with Crippen molar-refractivity contribution in [2.24, 2.45) is 5.92 Å². The first-order valence-electron chi connectivity index (χ1n) is 6.12. The molecule has 0 aromatic carbocycles. The summed E-state index contributed by atoms with van der Waals surface area (Å²) in [4.78, 5) is 2.27. The molecule has 0 amide bonds. The van der Waals surface area contributed by atoms with E-state index >= 15 is 0 Å². The Morgan fingerprint density at radius 2 is 2.00 bits per heavy atom. The van der Waals surface area contributed by atoms with E-state index in [9.17, 15) is 0 Å². The van der Waals surface area contributed by atoms with Crippen molar-refractivity contribution >= 4 is 22.4 Å². The molecule has 0 spiro atoms. The summed E-state index contributed by atoms with van der Waals surface area (Å²) in [7, 11) is 0. The van der Waals surface area contributed by atoms with E-state index in [1.807, 2.05) is 13.8 Å². The summed E-state index contributed by atoms with van der Waals surface area (Å²) < 4.78 is 9.96. The van der Waals surface area contributed by atoms with E-state index in [2.05, 4.69) is 30.0 Å². The molecule has 17 heavy (non-hydrogen) atoms. The molecule has 2 N–H and O–H groups in total. The molecule has 0 saturated carbocycles. The van der Waals surface area contributed by atoms with Crippen molar-refractivity contribution < 1.29 is 4.74 Å². The highest BCUT2D eigenvalue weighted by Gasteiger charge is 2.19. The molecule has 5 heteroatoms. The lowest BCUT2D eigenvalue weighted by molar-refractivity contribution is 0.244. The molecule has 0 saturated heterocycles. The monoisotopic (exact) mass is 257 g/mol. The Bertz CT molecular complexity index is 350. The van der Waals surface area contributed by atoms with Crippen LogP contribution in [0.3, 0.4) is 0 Å². The molecule has 0 bridgehead atoms. The fraction of sp³-hybridized carbons (Fsp3) is 0.750. The maximum absolute atomic E-state index is 5.86. The van der Waals surface area contributed by atoms with Crippen LogP contribution in [0.2, 0.25) is 0 Å². The number of aromatic nitrogens is 1. The third-order valence-corrected chi connectivity index (χ3v) is 3.17. The zero-order valence-electron chi connectivity index (χ0n) is 11.4. The molecule has 4 nitrogen and oxygen atoms in total. The zero-order chi connectivity index (χ0) is 13.0. The van der Waals surface area contributed by atoms with Gasteiger partial charge in [-0.15, -0.1) is 0 Å². The Labute approximate surface area is 108 Å². The number of nitrogens with zero attached hydrogens (tertiary/aromatic N) is 2. The lowest BCUT2D eigenvalue weighted by Gasteiger charge is -2.24. The number of hydrogen-bond acceptors (Lipinski definition) is 5. The fourth-order valence-corrected chi connectivity index (χ4v) is 2.45. The third-order valence-electron chi connectivity index (χ3n) is 2.27. The van der Waals surface area contributed by atoms with Gasteiger partial charge in [0, 0.05) is 13.1 Å². The second-order valence-electron chi connectivity index (χ2n) is 4.80. The van der Waals surface area contributed by atoms with Gasteiger partial charge in [-0.3, -0.25) is 0 Å². The quantitative estimate of drug-likeness (QED) is 0.851.